The van der Waals surface area contributed by atoms with Crippen LogP contribution in [-0.4, -0.2) is 34.6 Å². The number of aromatic nitrogens is 1. The molecule has 0 spiro atoms. The number of nitrogens with one attached hydrogen (secondary N) is 2. The Bertz CT molecular complexity index is 890. The van der Waals surface area contributed by atoms with Gasteiger partial charge in [-0.25, -0.2) is 4.79 Å². The molecule has 27 heavy (non-hydrogen) atoms. The monoisotopic (exact) mass is 367 g/mol. The van der Waals surface area contributed by atoms with Crippen LogP contribution < -0.4 is 11.1 Å². The molecule has 6 heteroatoms. The van der Waals surface area contributed by atoms with E-state index in [0.717, 1.165) is 22.0 Å². The standard InChI is InChI=1S/C21H25N3O3/c1-21(22,12-16-13-23-19-10-6-5-9-18(16)19)27-20(26)24-17(14-25)11-15-7-3-2-4-8-15/h2-10,13,17,23,25H,11-12,14,22H2,1H3,(H,24,26). The second-order valence-electron chi connectivity index (χ2n) is 6.95. The molecule has 0 aliphatic heterocycles. The molecule has 3 aromatic rings. The van der Waals surface area contributed by atoms with Gasteiger partial charge in [0.05, 0.1) is 12.6 Å². The van der Waals surface area contributed by atoms with Gasteiger partial charge in [-0.2, -0.15) is 0 Å². The minimum atomic E-state index is -1.18. The van der Waals surface area contributed by atoms with Crippen LogP contribution in [-0.2, 0) is 17.6 Å². The maximum atomic E-state index is 12.3. The molecule has 3 rings (SSSR count). The molecule has 0 saturated carbocycles. The summed E-state index contributed by atoms with van der Waals surface area (Å²) in [5.74, 6) is 0. The Balaban J connectivity index is 1.59. The lowest BCUT2D eigenvalue weighted by atomic mass is 10.0. The van der Waals surface area contributed by atoms with Crippen molar-refractivity contribution >= 4 is 17.0 Å². The summed E-state index contributed by atoms with van der Waals surface area (Å²) in [4.78, 5) is 15.5. The first kappa shape index (κ1) is 18.9. The van der Waals surface area contributed by atoms with Crippen LogP contribution in [0.4, 0.5) is 4.79 Å². The van der Waals surface area contributed by atoms with Crippen molar-refractivity contribution in [2.24, 2.45) is 5.73 Å². The Morgan fingerprint density at radius 2 is 1.93 bits per heavy atom. The van der Waals surface area contributed by atoms with Gasteiger partial charge in [-0.15, -0.1) is 0 Å². The van der Waals surface area contributed by atoms with Gasteiger partial charge in [-0.1, -0.05) is 48.5 Å². The highest BCUT2D eigenvalue weighted by atomic mass is 16.6. The second-order valence-corrected chi connectivity index (χ2v) is 6.95. The fourth-order valence-electron chi connectivity index (χ4n) is 3.16. The van der Waals surface area contributed by atoms with Crippen molar-refractivity contribution in [2.45, 2.75) is 31.5 Å². The van der Waals surface area contributed by atoms with Crippen molar-refractivity contribution in [3.8, 4) is 0 Å². The number of aliphatic hydroxyl groups excluding tert-OH is 1. The molecule has 142 valence electrons. The van der Waals surface area contributed by atoms with Crippen LogP contribution in [0, 0.1) is 0 Å². The molecule has 0 radical (unpaired) electrons. The Kier molecular flexibility index (Phi) is 5.78. The summed E-state index contributed by atoms with van der Waals surface area (Å²) in [6, 6.07) is 17.1. The van der Waals surface area contributed by atoms with Crippen LogP contribution in [0.2, 0.25) is 0 Å². The van der Waals surface area contributed by atoms with E-state index >= 15 is 0 Å². The number of carbonyl (C=O) groups excluding carboxylic acids is 1. The van der Waals surface area contributed by atoms with Gasteiger partial charge < -0.3 is 20.1 Å². The molecule has 0 aliphatic carbocycles. The minimum Gasteiger partial charge on any atom is -0.428 e. The largest absolute Gasteiger partial charge is 0.428 e. The summed E-state index contributed by atoms with van der Waals surface area (Å²) in [7, 11) is 0. The summed E-state index contributed by atoms with van der Waals surface area (Å²) in [6.07, 6.45) is 2.11. The predicted octanol–water partition coefficient (Wildman–Crippen LogP) is 2.72. The average molecular weight is 367 g/mol. The Morgan fingerprint density at radius 1 is 1.22 bits per heavy atom. The van der Waals surface area contributed by atoms with Gasteiger partial charge in [0.2, 0.25) is 0 Å². The van der Waals surface area contributed by atoms with Crippen molar-refractivity contribution < 1.29 is 14.6 Å². The fourth-order valence-corrected chi connectivity index (χ4v) is 3.16. The maximum absolute atomic E-state index is 12.3. The molecular weight excluding hydrogens is 342 g/mol. The van der Waals surface area contributed by atoms with Crippen LogP contribution in [0.15, 0.2) is 60.8 Å². The van der Waals surface area contributed by atoms with E-state index in [-0.39, 0.29) is 6.61 Å². The number of carbonyl (C=O) groups is 1. The molecule has 1 amide bonds. The molecule has 1 aromatic heterocycles. The molecule has 2 aromatic carbocycles. The van der Waals surface area contributed by atoms with Gasteiger partial charge in [-0.3, -0.25) is 5.73 Å². The van der Waals surface area contributed by atoms with Crippen molar-refractivity contribution in [1.82, 2.24) is 10.3 Å². The molecule has 2 atom stereocenters. The SMILES string of the molecule is CC(N)(Cc1c[nH]c2ccccc12)OC(=O)NC(CO)Cc1ccccc1. The molecule has 0 saturated heterocycles. The molecule has 2 unspecified atom stereocenters. The highest BCUT2D eigenvalue weighted by molar-refractivity contribution is 5.83. The van der Waals surface area contributed by atoms with Crippen molar-refractivity contribution in [1.29, 1.82) is 0 Å². The van der Waals surface area contributed by atoms with Gasteiger partial charge in [0.15, 0.2) is 5.72 Å². The van der Waals surface area contributed by atoms with Crippen molar-refractivity contribution in [3.05, 3.63) is 71.9 Å². The van der Waals surface area contributed by atoms with Crippen LogP contribution in [0.3, 0.4) is 0 Å². The molecular formula is C21H25N3O3. The number of nitrogens with two attached hydrogens (primary N) is 1. The van der Waals surface area contributed by atoms with E-state index in [4.69, 9.17) is 10.5 Å². The Morgan fingerprint density at radius 3 is 2.67 bits per heavy atom. The Labute approximate surface area is 158 Å². The lowest BCUT2D eigenvalue weighted by Crippen LogP contribution is -2.49. The highest BCUT2D eigenvalue weighted by Gasteiger charge is 2.26. The molecule has 1 heterocycles. The summed E-state index contributed by atoms with van der Waals surface area (Å²) >= 11 is 0. The number of aromatic amines is 1. The minimum absolute atomic E-state index is 0.187. The second kappa shape index (κ2) is 8.24. The third kappa shape index (κ3) is 5.09. The third-order valence-corrected chi connectivity index (χ3v) is 4.41. The summed E-state index contributed by atoms with van der Waals surface area (Å²) in [5.41, 5.74) is 8.04. The molecule has 0 aliphatic rings. The zero-order chi connectivity index (χ0) is 19.3. The zero-order valence-electron chi connectivity index (χ0n) is 15.3. The number of alkyl carbamates (subject to hydrolysis) is 1. The number of fused-ring (bicyclic) bond motifs is 1. The lowest BCUT2D eigenvalue weighted by molar-refractivity contribution is 0.0268. The molecule has 6 nitrogen and oxygen atoms in total. The number of hydrogen-bond donors (Lipinski definition) is 4. The van der Waals surface area contributed by atoms with Gasteiger partial charge in [0.1, 0.15) is 0 Å². The van der Waals surface area contributed by atoms with Crippen LogP contribution in [0.25, 0.3) is 10.9 Å². The summed E-state index contributed by atoms with van der Waals surface area (Å²) < 4.78 is 5.43. The molecule has 5 N–H and O–H groups in total. The maximum Gasteiger partial charge on any atom is 0.409 e. The number of hydrogen-bond acceptors (Lipinski definition) is 4. The third-order valence-electron chi connectivity index (χ3n) is 4.41. The normalized spacial score (nSPS) is 14.5. The first-order valence-electron chi connectivity index (χ1n) is 8.95. The van der Waals surface area contributed by atoms with E-state index in [1.54, 1.807) is 6.92 Å². The first-order chi connectivity index (χ1) is 13.0. The number of para-hydroxylation sites is 1. The van der Waals surface area contributed by atoms with Crippen molar-refractivity contribution in [2.75, 3.05) is 6.61 Å². The predicted molar refractivity (Wildman–Crippen MR) is 105 cm³/mol. The van der Waals surface area contributed by atoms with Crippen molar-refractivity contribution in [3.63, 3.8) is 0 Å². The van der Waals surface area contributed by atoms with E-state index in [1.807, 2.05) is 60.8 Å². The first-order valence-corrected chi connectivity index (χ1v) is 8.95. The van der Waals surface area contributed by atoms with E-state index in [9.17, 15) is 9.90 Å². The van der Waals surface area contributed by atoms with E-state index in [0.29, 0.717) is 12.8 Å². The number of rotatable bonds is 7. The number of ether oxygens (including phenoxy) is 1. The summed E-state index contributed by atoms with van der Waals surface area (Å²) in [6.45, 7) is 1.48. The van der Waals surface area contributed by atoms with E-state index < -0.39 is 17.9 Å². The van der Waals surface area contributed by atoms with Gasteiger partial charge >= 0.3 is 6.09 Å². The van der Waals surface area contributed by atoms with E-state index in [2.05, 4.69) is 10.3 Å². The number of amides is 1. The number of benzene rings is 2. The Hall–Kier alpha value is -2.83. The van der Waals surface area contributed by atoms with E-state index in [1.165, 1.54) is 0 Å². The van der Waals surface area contributed by atoms with Crippen LogP contribution in [0.1, 0.15) is 18.1 Å². The van der Waals surface area contributed by atoms with Crippen LogP contribution in [0.5, 0.6) is 0 Å². The topological polar surface area (TPSA) is 100 Å². The van der Waals surface area contributed by atoms with Crippen LogP contribution >= 0.6 is 0 Å². The molecule has 0 fully saturated rings. The number of H-pyrrole nitrogens is 1. The smallest absolute Gasteiger partial charge is 0.409 e. The average Bonchev–Trinajstić information content (AvgIpc) is 3.04. The quantitative estimate of drug-likeness (QED) is 0.482. The number of aliphatic hydroxyl groups is 1. The summed E-state index contributed by atoms with van der Waals surface area (Å²) in [5, 5.41) is 13.3. The molecule has 0 bridgehead atoms. The fraction of sp³-hybridized carbons (Fsp3) is 0.286. The highest BCUT2D eigenvalue weighted by Crippen LogP contribution is 2.22. The zero-order valence-corrected chi connectivity index (χ0v) is 15.3. The van der Waals surface area contributed by atoms with Gasteiger partial charge in [0.25, 0.3) is 0 Å². The van der Waals surface area contributed by atoms with Gasteiger partial charge in [-0.05, 0) is 30.5 Å². The van der Waals surface area contributed by atoms with Gasteiger partial charge in [0, 0.05) is 23.5 Å². The lowest BCUT2D eigenvalue weighted by Gasteiger charge is -2.26.